The van der Waals surface area contributed by atoms with E-state index < -0.39 is 11.9 Å². The van der Waals surface area contributed by atoms with Gasteiger partial charge in [-0.3, -0.25) is 4.79 Å². The molecule has 0 spiro atoms. The second-order valence-electron chi connectivity index (χ2n) is 5.30. The van der Waals surface area contributed by atoms with Crippen LogP contribution in [0.2, 0.25) is 5.02 Å². The first-order chi connectivity index (χ1) is 11.4. The Labute approximate surface area is 145 Å². The molecule has 0 fully saturated rings. The Morgan fingerprint density at radius 2 is 1.67 bits per heavy atom. The first-order valence-corrected chi connectivity index (χ1v) is 7.73. The third-order valence-corrected chi connectivity index (χ3v) is 3.44. The monoisotopic (exact) mass is 347 g/mol. The van der Waals surface area contributed by atoms with E-state index in [1.807, 2.05) is 32.0 Å². The molecule has 6 heteroatoms. The van der Waals surface area contributed by atoms with Gasteiger partial charge in [-0.2, -0.15) is 0 Å². The van der Waals surface area contributed by atoms with Gasteiger partial charge >= 0.3 is 5.97 Å². The highest BCUT2D eigenvalue weighted by molar-refractivity contribution is 6.32. The van der Waals surface area contributed by atoms with Gasteiger partial charge in [0.15, 0.2) is 13.2 Å². The minimum Gasteiger partial charge on any atom is -0.480 e. The Morgan fingerprint density at radius 1 is 1.00 bits per heavy atom. The van der Waals surface area contributed by atoms with Crippen LogP contribution >= 0.6 is 11.6 Å². The molecule has 1 N–H and O–H groups in total. The number of amides is 1. The summed E-state index contributed by atoms with van der Waals surface area (Å²) in [6.07, 6.45) is 0. The molecule has 0 atom stereocenters. The molecule has 24 heavy (non-hydrogen) atoms. The number of ether oxygens (including phenoxy) is 2. The van der Waals surface area contributed by atoms with Crippen LogP contribution in [0.3, 0.4) is 0 Å². The van der Waals surface area contributed by atoms with Crippen LogP contribution in [-0.2, 0) is 14.3 Å². The van der Waals surface area contributed by atoms with E-state index in [0.717, 1.165) is 11.1 Å². The number of benzene rings is 2. The molecule has 126 valence electrons. The van der Waals surface area contributed by atoms with Gasteiger partial charge in [-0.25, -0.2) is 4.79 Å². The standard InChI is InChI=1S/C18H18ClNO4/c1-12-3-6-14(7-4-12)20-17(21)10-24-18(22)11-23-16-9-13(2)5-8-15(16)19/h3-9H,10-11H2,1-2H3,(H,20,21). The normalized spacial score (nSPS) is 10.1. The summed E-state index contributed by atoms with van der Waals surface area (Å²) >= 11 is 5.97. The lowest BCUT2D eigenvalue weighted by Crippen LogP contribution is -2.23. The van der Waals surface area contributed by atoms with Gasteiger partial charge in [-0.1, -0.05) is 35.4 Å². The molecule has 0 radical (unpaired) electrons. The molecule has 0 aliphatic carbocycles. The molecule has 2 aromatic carbocycles. The van der Waals surface area contributed by atoms with Crippen molar-refractivity contribution in [2.24, 2.45) is 0 Å². The SMILES string of the molecule is Cc1ccc(NC(=O)COC(=O)COc2cc(C)ccc2Cl)cc1. The highest BCUT2D eigenvalue weighted by Gasteiger charge is 2.10. The smallest absolute Gasteiger partial charge is 0.344 e. The number of halogens is 1. The first-order valence-electron chi connectivity index (χ1n) is 7.35. The molecule has 1 amide bonds. The van der Waals surface area contributed by atoms with Crippen molar-refractivity contribution in [1.82, 2.24) is 0 Å². The highest BCUT2D eigenvalue weighted by Crippen LogP contribution is 2.25. The molecule has 0 unspecified atom stereocenters. The minimum atomic E-state index is -0.647. The maximum atomic E-state index is 11.7. The summed E-state index contributed by atoms with van der Waals surface area (Å²) in [5, 5.41) is 3.04. The van der Waals surface area contributed by atoms with Gasteiger partial charge in [0.05, 0.1) is 5.02 Å². The van der Waals surface area contributed by atoms with E-state index >= 15 is 0 Å². The fourth-order valence-electron chi connectivity index (χ4n) is 1.88. The highest BCUT2D eigenvalue weighted by atomic mass is 35.5. The summed E-state index contributed by atoms with van der Waals surface area (Å²) in [5.41, 5.74) is 2.69. The van der Waals surface area contributed by atoms with Crippen LogP contribution in [0.15, 0.2) is 42.5 Å². The largest absolute Gasteiger partial charge is 0.480 e. The summed E-state index contributed by atoms with van der Waals surface area (Å²) in [7, 11) is 0. The van der Waals surface area contributed by atoms with Gasteiger partial charge in [-0.15, -0.1) is 0 Å². The summed E-state index contributed by atoms with van der Waals surface area (Å²) in [6, 6.07) is 12.5. The fraction of sp³-hybridized carbons (Fsp3) is 0.222. The average molecular weight is 348 g/mol. The van der Waals surface area contributed by atoms with Crippen LogP contribution in [0.5, 0.6) is 5.75 Å². The summed E-state index contributed by atoms with van der Waals surface area (Å²) in [6.45, 7) is 3.14. The van der Waals surface area contributed by atoms with Crippen molar-refractivity contribution in [3.05, 3.63) is 58.6 Å². The van der Waals surface area contributed by atoms with Gasteiger partial charge in [0.25, 0.3) is 5.91 Å². The minimum absolute atomic E-state index is 0.318. The Balaban J connectivity index is 1.75. The average Bonchev–Trinajstić information content (AvgIpc) is 2.56. The maximum Gasteiger partial charge on any atom is 0.344 e. The molecular weight excluding hydrogens is 330 g/mol. The number of aryl methyl sites for hydroxylation is 2. The van der Waals surface area contributed by atoms with Gasteiger partial charge in [0.1, 0.15) is 5.75 Å². The van der Waals surface area contributed by atoms with Crippen LogP contribution in [0, 0.1) is 13.8 Å². The van der Waals surface area contributed by atoms with Crippen molar-refractivity contribution >= 4 is 29.2 Å². The van der Waals surface area contributed by atoms with Crippen molar-refractivity contribution in [1.29, 1.82) is 0 Å². The fourth-order valence-corrected chi connectivity index (χ4v) is 2.05. The number of hydrogen-bond acceptors (Lipinski definition) is 4. The Bertz CT molecular complexity index is 728. The van der Waals surface area contributed by atoms with E-state index in [2.05, 4.69) is 5.32 Å². The predicted octanol–water partition coefficient (Wildman–Crippen LogP) is 3.52. The Morgan fingerprint density at radius 3 is 2.38 bits per heavy atom. The van der Waals surface area contributed by atoms with E-state index in [0.29, 0.717) is 16.5 Å². The second kappa shape index (κ2) is 8.36. The number of carbonyl (C=O) groups is 2. The van der Waals surface area contributed by atoms with Crippen LogP contribution in [0.4, 0.5) is 5.69 Å². The van der Waals surface area contributed by atoms with Crippen molar-refractivity contribution in [3.8, 4) is 5.75 Å². The number of rotatable bonds is 6. The lowest BCUT2D eigenvalue weighted by molar-refractivity contribution is -0.149. The summed E-state index contributed by atoms with van der Waals surface area (Å²) in [4.78, 5) is 23.4. The Hall–Kier alpha value is -2.53. The van der Waals surface area contributed by atoms with Crippen LogP contribution in [0.25, 0.3) is 0 Å². The molecule has 0 saturated heterocycles. The van der Waals surface area contributed by atoms with Crippen molar-refractivity contribution < 1.29 is 19.1 Å². The van der Waals surface area contributed by atoms with E-state index in [1.165, 1.54) is 0 Å². The van der Waals surface area contributed by atoms with E-state index in [1.54, 1.807) is 24.3 Å². The van der Waals surface area contributed by atoms with Crippen molar-refractivity contribution in [3.63, 3.8) is 0 Å². The van der Waals surface area contributed by atoms with Crippen LogP contribution in [0.1, 0.15) is 11.1 Å². The number of esters is 1. The Kier molecular flexibility index (Phi) is 6.21. The van der Waals surface area contributed by atoms with Crippen LogP contribution < -0.4 is 10.1 Å². The molecular formula is C18H18ClNO4. The molecule has 0 aromatic heterocycles. The van der Waals surface area contributed by atoms with E-state index in [-0.39, 0.29) is 13.2 Å². The van der Waals surface area contributed by atoms with Crippen molar-refractivity contribution in [2.45, 2.75) is 13.8 Å². The molecule has 2 rings (SSSR count). The topological polar surface area (TPSA) is 64.6 Å². The summed E-state index contributed by atoms with van der Waals surface area (Å²) < 4.78 is 10.2. The quantitative estimate of drug-likeness (QED) is 0.812. The zero-order valence-electron chi connectivity index (χ0n) is 13.5. The van der Waals surface area contributed by atoms with Gasteiger partial charge in [0.2, 0.25) is 0 Å². The lowest BCUT2D eigenvalue weighted by Gasteiger charge is -2.09. The second-order valence-corrected chi connectivity index (χ2v) is 5.70. The number of nitrogens with one attached hydrogen (secondary N) is 1. The molecule has 2 aromatic rings. The number of carbonyl (C=O) groups excluding carboxylic acids is 2. The maximum absolute atomic E-state index is 11.7. The molecule has 5 nitrogen and oxygen atoms in total. The van der Waals surface area contributed by atoms with Gasteiger partial charge < -0.3 is 14.8 Å². The number of anilines is 1. The number of hydrogen-bond donors (Lipinski definition) is 1. The summed E-state index contributed by atoms with van der Waals surface area (Å²) in [5.74, 6) is -0.662. The predicted molar refractivity (Wildman–Crippen MR) is 92.5 cm³/mol. The third kappa shape index (κ3) is 5.59. The first kappa shape index (κ1) is 17.8. The molecule has 0 bridgehead atoms. The van der Waals surface area contributed by atoms with Gasteiger partial charge in [-0.05, 0) is 43.7 Å². The molecule has 0 saturated carbocycles. The zero-order chi connectivity index (χ0) is 17.5. The molecule has 0 heterocycles. The van der Waals surface area contributed by atoms with Crippen LogP contribution in [-0.4, -0.2) is 25.1 Å². The van der Waals surface area contributed by atoms with Crippen molar-refractivity contribution in [2.75, 3.05) is 18.5 Å². The van der Waals surface area contributed by atoms with Gasteiger partial charge in [0, 0.05) is 5.69 Å². The zero-order valence-corrected chi connectivity index (χ0v) is 14.2. The third-order valence-electron chi connectivity index (χ3n) is 3.13. The lowest BCUT2D eigenvalue weighted by atomic mass is 10.2. The van der Waals surface area contributed by atoms with E-state index in [9.17, 15) is 9.59 Å². The van der Waals surface area contributed by atoms with E-state index in [4.69, 9.17) is 21.1 Å². The molecule has 0 aliphatic rings. The molecule has 0 aliphatic heterocycles.